The summed E-state index contributed by atoms with van der Waals surface area (Å²) in [6.45, 7) is 2.93. The third-order valence-electron chi connectivity index (χ3n) is 4.36. The second-order valence-corrected chi connectivity index (χ2v) is 5.81. The smallest absolute Gasteiger partial charge is 0.137 e. The number of fused-ring (bicyclic) bond motifs is 2. The number of rotatable bonds is 3. The molecule has 0 bridgehead atoms. The lowest BCUT2D eigenvalue weighted by Gasteiger charge is -2.28. The molecule has 0 amide bonds. The number of aromatic amines is 1. The Kier molecular flexibility index (Phi) is 3.31. The summed E-state index contributed by atoms with van der Waals surface area (Å²) in [5.41, 5.74) is 4.89. The molecule has 3 aromatic rings. The van der Waals surface area contributed by atoms with Gasteiger partial charge in [0.2, 0.25) is 0 Å². The first kappa shape index (κ1) is 13.3. The van der Waals surface area contributed by atoms with Gasteiger partial charge < -0.3 is 9.72 Å². The molecular weight excluding hydrogens is 274 g/mol. The van der Waals surface area contributed by atoms with Crippen LogP contribution in [0.4, 0.5) is 0 Å². The number of pyridine rings is 1. The van der Waals surface area contributed by atoms with Crippen LogP contribution < -0.4 is 4.74 Å². The minimum absolute atomic E-state index is 0.889. The molecular formula is C18H19N3O. The second kappa shape index (κ2) is 5.46. The fourth-order valence-corrected chi connectivity index (χ4v) is 3.14. The van der Waals surface area contributed by atoms with Gasteiger partial charge in [-0.1, -0.05) is 6.07 Å². The molecule has 4 heteroatoms. The van der Waals surface area contributed by atoms with Gasteiger partial charge in [-0.3, -0.25) is 4.90 Å². The van der Waals surface area contributed by atoms with Crippen LogP contribution in [0.25, 0.3) is 11.0 Å². The highest BCUT2D eigenvalue weighted by Gasteiger charge is 2.17. The van der Waals surface area contributed by atoms with Crippen molar-refractivity contribution in [2.24, 2.45) is 0 Å². The fraction of sp³-hybridized carbons (Fsp3) is 0.278. The van der Waals surface area contributed by atoms with Crippen LogP contribution in [0, 0.1) is 0 Å². The molecule has 112 valence electrons. The maximum Gasteiger partial charge on any atom is 0.137 e. The molecule has 4 rings (SSSR count). The number of H-pyrrole nitrogens is 1. The number of aromatic nitrogens is 2. The van der Waals surface area contributed by atoms with E-state index < -0.39 is 0 Å². The van der Waals surface area contributed by atoms with Crippen LogP contribution in [0.2, 0.25) is 0 Å². The average Bonchev–Trinajstić information content (AvgIpc) is 3.02. The van der Waals surface area contributed by atoms with Gasteiger partial charge in [0.15, 0.2) is 0 Å². The van der Waals surface area contributed by atoms with Gasteiger partial charge >= 0.3 is 0 Å². The van der Waals surface area contributed by atoms with Crippen molar-refractivity contribution in [3.05, 3.63) is 59.4 Å². The monoisotopic (exact) mass is 293 g/mol. The van der Waals surface area contributed by atoms with Crippen molar-refractivity contribution in [1.29, 1.82) is 0 Å². The summed E-state index contributed by atoms with van der Waals surface area (Å²) in [7, 11) is 1.72. The van der Waals surface area contributed by atoms with Gasteiger partial charge in [-0.2, -0.15) is 0 Å². The van der Waals surface area contributed by atoms with Gasteiger partial charge in [-0.15, -0.1) is 0 Å². The molecule has 1 N–H and O–H groups in total. The molecule has 2 aromatic heterocycles. The fourth-order valence-electron chi connectivity index (χ4n) is 3.14. The lowest BCUT2D eigenvalue weighted by atomic mass is 9.99. The highest BCUT2D eigenvalue weighted by molar-refractivity contribution is 5.75. The molecule has 1 aliphatic rings. The normalized spacial score (nSPS) is 15.0. The molecule has 0 saturated carbocycles. The van der Waals surface area contributed by atoms with Crippen LogP contribution >= 0.6 is 0 Å². The van der Waals surface area contributed by atoms with Gasteiger partial charge in [0.1, 0.15) is 11.4 Å². The Bertz CT molecular complexity index is 809. The molecule has 1 aliphatic heterocycles. The maximum absolute atomic E-state index is 5.31. The number of nitrogens with zero attached hydrogens (tertiary/aromatic N) is 2. The zero-order valence-electron chi connectivity index (χ0n) is 12.7. The number of ether oxygens (including phenoxy) is 1. The zero-order valence-corrected chi connectivity index (χ0v) is 12.7. The highest BCUT2D eigenvalue weighted by Crippen LogP contribution is 2.24. The van der Waals surface area contributed by atoms with Crippen LogP contribution in [-0.2, 0) is 19.5 Å². The molecule has 3 heterocycles. The van der Waals surface area contributed by atoms with E-state index in [2.05, 4.69) is 40.2 Å². The molecule has 0 atom stereocenters. The number of nitrogens with one attached hydrogen (secondary N) is 1. The first-order valence-electron chi connectivity index (χ1n) is 7.63. The van der Waals surface area contributed by atoms with E-state index in [1.165, 1.54) is 16.5 Å². The molecule has 1 aromatic carbocycles. The van der Waals surface area contributed by atoms with Crippen molar-refractivity contribution in [3.8, 4) is 5.75 Å². The summed E-state index contributed by atoms with van der Waals surface area (Å²) in [4.78, 5) is 10.3. The van der Waals surface area contributed by atoms with E-state index in [0.29, 0.717) is 0 Å². The van der Waals surface area contributed by atoms with Crippen molar-refractivity contribution in [2.75, 3.05) is 13.7 Å². The Morgan fingerprint density at radius 3 is 3.05 bits per heavy atom. The Morgan fingerprint density at radius 1 is 1.18 bits per heavy atom. The Morgan fingerprint density at radius 2 is 2.14 bits per heavy atom. The minimum atomic E-state index is 0.889. The Balaban J connectivity index is 1.52. The van der Waals surface area contributed by atoms with Crippen molar-refractivity contribution in [3.63, 3.8) is 0 Å². The lowest BCUT2D eigenvalue weighted by Crippen LogP contribution is -2.30. The van der Waals surface area contributed by atoms with E-state index in [4.69, 9.17) is 9.72 Å². The Labute approximate surface area is 129 Å². The summed E-state index contributed by atoms with van der Waals surface area (Å²) in [5.74, 6) is 0.950. The average molecular weight is 293 g/mol. The van der Waals surface area contributed by atoms with Crippen LogP contribution in [0.3, 0.4) is 0 Å². The van der Waals surface area contributed by atoms with E-state index in [1.54, 1.807) is 7.11 Å². The SMILES string of the molecule is COc1ccc2c(c1)CCN(Cc1ccc3cc[nH]c3n1)C2. The number of benzene rings is 1. The predicted octanol–water partition coefficient (Wildman–Crippen LogP) is 3.13. The largest absolute Gasteiger partial charge is 0.497 e. The zero-order chi connectivity index (χ0) is 14.9. The summed E-state index contributed by atoms with van der Waals surface area (Å²) >= 11 is 0. The number of methoxy groups -OCH3 is 1. The molecule has 0 spiro atoms. The van der Waals surface area contributed by atoms with Gasteiger partial charge in [0.05, 0.1) is 12.8 Å². The van der Waals surface area contributed by atoms with Gasteiger partial charge in [-0.25, -0.2) is 4.98 Å². The van der Waals surface area contributed by atoms with Gasteiger partial charge in [-0.05, 0) is 47.9 Å². The van der Waals surface area contributed by atoms with Crippen LogP contribution in [-0.4, -0.2) is 28.5 Å². The Hall–Kier alpha value is -2.33. The van der Waals surface area contributed by atoms with Gasteiger partial charge in [0.25, 0.3) is 0 Å². The molecule has 0 fully saturated rings. The summed E-state index contributed by atoms with van der Waals surface area (Å²) in [6.07, 6.45) is 3.00. The van der Waals surface area contributed by atoms with Crippen LogP contribution in [0.5, 0.6) is 5.75 Å². The summed E-state index contributed by atoms with van der Waals surface area (Å²) < 4.78 is 5.31. The van der Waals surface area contributed by atoms with E-state index in [-0.39, 0.29) is 0 Å². The summed E-state index contributed by atoms with van der Waals surface area (Å²) in [6, 6.07) is 12.7. The van der Waals surface area contributed by atoms with E-state index in [9.17, 15) is 0 Å². The topological polar surface area (TPSA) is 41.1 Å². The second-order valence-electron chi connectivity index (χ2n) is 5.81. The van der Waals surface area contributed by atoms with Crippen molar-refractivity contribution >= 4 is 11.0 Å². The van der Waals surface area contributed by atoms with Crippen molar-refractivity contribution in [2.45, 2.75) is 19.5 Å². The van der Waals surface area contributed by atoms with E-state index in [1.807, 2.05) is 12.3 Å². The molecule has 4 nitrogen and oxygen atoms in total. The van der Waals surface area contributed by atoms with E-state index in [0.717, 1.165) is 43.1 Å². The quantitative estimate of drug-likeness (QED) is 0.806. The standard InChI is InChI=1S/C18H19N3O/c1-22-17-5-3-15-11-21(9-7-14(15)10-17)12-16-4-2-13-6-8-19-18(13)20-16/h2-6,8,10H,7,9,11-12H2,1H3,(H,19,20). The first-order valence-corrected chi connectivity index (χ1v) is 7.63. The molecule has 0 radical (unpaired) electrons. The minimum Gasteiger partial charge on any atom is -0.497 e. The van der Waals surface area contributed by atoms with Gasteiger partial charge in [0, 0.05) is 31.2 Å². The van der Waals surface area contributed by atoms with E-state index >= 15 is 0 Å². The molecule has 0 unspecified atom stereocenters. The number of hydrogen-bond donors (Lipinski definition) is 1. The van der Waals surface area contributed by atoms with Crippen LogP contribution in [0.15, 0.2) is 42.6 Å². The maximum atomic E-state index is 5.31. The molecule has 0 aliphatic carbocycles. The van der Waals surface area contributed by atoms with Crippen LogP contribution in [0.1, 0.15) is 16.8 Å². The molecule has 22 heavy (non-hydrogen) atoms. The third kappa shape index (κ3) is 2.46. The summed E-state index contributed by atoms with van der Waals surface area (Å²) in [5, 5.41) is 1.17. The highest BCUT2D eigenvalue weighted by atomic mass is 16.5. The van der Waals surface area contributed by atoms with Crippen molar-refractivity contribution in [1.82, 2.24) is 14.9 Å². The lowest BCUT2D eigenvalue weighted by molar-refractivity contribution is 0.242. The molecule has 0 saturated heterocycles. The first-order chi connectivity index (χ1) is 10.8. The third-order valence-corrected chi connectivity index (χ3v) is 4.36. The number of hydrogen-bond acceptors (Lipinski definition) is 3. The predicted molar refractivity (Wildman–Crippen MR) is 86.9 cm³/mol. The van der Waals surface area contributed by atoms with Crippen molar-refractivity contribution < 1.29 is 4.74 Å².